The van der Waals surface area contributed by atoms with Crippen LogP contribution in [0.5, 0.6) is 0 Å². The van der Waals surface area contributed by atoms with Crippen LogP contribution in [-0.4, -0.2) is 16.8 Å². The summed E-state index contributed by atoms with van der Waals surface area (Å²) < 4.78 is 27.4. The maximum absolute atomic E-state index is 13.7. The lowest BCUT2D eigenvalue weighted by molar-refractivity contribution is 0.0945. The van der Waals surface area contributed by atoms with Crippen molar-refractivity contribution in [3.63, 3.8) is 0 Å². The molecule has 5 nitrogen and oxygen atoms in total. The summed E-state index contributed by atoms with van der Waals surface area (Å²) in [5.74, 6) is -3.09. The number of hydrogen-bond acceptors (Lipinski definition) is 3. The Labute approximate surface area is 160 Å². The number of aromatic nitrogens is 1. The molecule has 142 valence electrons. The molecule has 0 atom stereocenters. The van der Waals surface area contributed by atoms with Crippen molar-refractivity contribution < 1.29 is 18.4 Å². The first kappa shape index (κ1) is 19.2. The Morgan fingerprint density at radius 3 is 2.18 bits per heavy atom. The monoisotopic (exact) mass is 381 g/mol. The zero-order chi connectivity index (χ0) is 20.1. The molecule has 0 bridgehead atoms. The molecule has 2 N–H and O–H groups in total. The zero-order valence-electron chi connectivity index (χ0n) is 15.0. The predicted octanol–water partition coefficient (Wildman–Crippen LogP) is 3.85. The van der Waals surface area contributed by atoms with Crippen molar-refractivity contribution in [2.24, 2.45) is 0 Å². The molecule has 0 aliphatic heterocycles. The molecule has 3 rings (SSSR count). The van der Waals surface area contributed by atoms with Crippen LogP contribution in [0.2, 0.25) is 0 Å². The summed E-state index contributed by atoms with van der Waals surface area (Å²) >= 11 is 0. The van der Waals surface area contributed by atoms with Gasteiger partial charge in [-0.3, -0.25) is 9.59 Å². The van der Waals surface area contributed by atoms with Crippen molar-refractivity contribution in [3.05, 3.63) is 94.8 Å². The summed E-state index contributed by atoms with van der Waals surface area (Å²) in [6, 6.07) is 15.2. The summed E-state index contributed by atoms with van der Waals surface area (Å²) in [7, 11) is 0. The Balaban J connectivity index is 1.70. The fourth-order valence-electron chi connectivity index (χ4n) is 2.58. The highest BCUT2D eigenvalue weighted by Crippen LogP contribution is 2.18. The number of carbonyl (C=O) groups is 2. The van der Waals surface area contributed by atoms with E-state index in [1.165, 1.54) is 24.3 Å². The highest BCUT2D eigenvalue weighted by atomic mass is 19.1. The number of nitrogens with zero attached hydrogens (tertiary/aromatic N) is 1. The Hall–Kier alpha value is -3.61. The number of nitrogens with one attached hydrogen (secondary N) is 2. The fourth-order valence-corrected chi connectivity index (χ4v) is 2.58. The van der Waals surface area contributed by atoms with Gasteiger partial charge in [0.1, 0.15) is 28.7 Å². The summed E-state index contributed by atoms with van der Waals surface area (Å²) in [6.07, 6.45) is 0. The number of anilines is 1. The van der Waals surface area contributed by atoms with Crippen molar-refractivity contribution in [3.8, 4) is 0 Å². The molecule has 0 unspecified atom stereocenters. The van der Waals surface area contributed by atoms with Gasteiger partial charge in [0.15, 0.2) is 0 Å². The summed E-state index contributed by atoms with van der Waals surface area (Å²) in [6.45, 7) is 2.26. The van der Waals surface area contributed by atoms with E-state index in [1.54, 1.807) is 0 Å². The topological polar surface area (TPSA) is 71.1 Å². The van der Waals surface area contributed by atoms with Crippen LogP contribution in [0.3, 0.4) is 0 Å². The molecular formula is C21H17F2N3O2. The average molecular weight is 381 g/mol. The molecule has 1 aromatic heterocycles. The minimum Gasteiger partial charge on any atom is -0.347 e. The molecule has 1 heterocycles. The Kier molecular flexibility index (Phi) is 5.74. The van der Waals surface area contributed by atoms with Crippen LogP contribution < -0.4 is 10.6 Å². The first-order chi connectivity index (χ1) is 13.4. The van der Waals surface area contributed by atoms with Crippen LogP contribution in [0.25, 0.3) is 0 Å². The van der Waals surface area contributed by atoms with Crippen LogP contribution in [-0.2, 0) is 6.54 Å². The first-order valence-corrected chi connectivity index (χ1v) is 8.50. The molecule has 2 amide bonds. The van der Waals surface area contributed by atoms with Gasteiger partial charge < -0.3 is 10.6 Å². The molecule has 28 heavy (non-hydrogen) atoms. The van der Waals surface area contributed by atoms with Crippen LogP contribution in [0.15, 0.2) is 60.7 Å². The number of halogens is 2. The van der Waals surface area contributed by atoms with E-state index in [1.807, 2.05) is 31.2 Å². The lowest BCUT2D eigenvalue weighted by Gasteiger charge is -2.09. The quantitative estimate of drug-likeness (QED) is 0.705. The van der Waals surface area contributed by atoms with Gasteiger partial charge in [-0.1, -0.05) is 42.0 Å². The van der Waals surface area contributed by atoms with Crippen LogP contribution in [0, 0.1) is 18.6 Å². The highest BCUT2D eigenvalue weighted by molar-refractivity contribution is 6.04. The third-order valence-corrected chi connectivity index (χ3v) is 3.95. The largest absolute Gasteiger partial charge is 0.347 e. The predicted molar refractivity (Wildman–Crippen MR) is 101 cm³/mol. The number of benzene rings is 2. The summed E-state index contributed by atoms with van der Waals surface area (Å²) in [4.78, 5) is 28.6. The lowest BCUT2D eigenvalue weighted by Crippen LogP contribution is -2.25. The number of pyridine rings is 1. The minimum atomic E-state index is -0.902. The van der Waals surface area contributed by atoms with Gasteiger partial charge in [-0.15, -0.1) is 0 Å². The molecule has 0 fully saturated rings. The highest BCUT2D eigenvalue weighted by Gasteiger charge is 2.16. The van der Waals surface area contributed by atoms with Crippen molar-refractivity contribution in [2.75, 3.05) is 5.32 Å². The third-order valence-electron chi connectivity index (χ3n) is 3.95. The van der Waals surface area contributed by atoms with Gasteiger partial charge in [-0.05, 0) is 36.8 Å². The van der Waals surface area contributed by atoms with Crippen molar-refractivity contribution >= 4 is 17.5 Å². The van der Waals surface area contributed by atoms with E-state index in [4.69, 9.17) is 0 Å². The van der Waals surface area contributed by atoms with Crippen LogP contribution >= 0.6 is 0 Å². The second-order valence-corrected chi connectivity index (χ2v) is 6.13. The second-order valence-electron chi connectivity index (χ2n) is 6.13. The molecular weight excluding hydrogens is 364 g/mol. The summed E-state index contributed by atoms with van der Waals surface area (Å²) in [5.41, 5.74) is 1.32. The lowest BCUT2D eigenvalue weighted by atomic mass is 10.1. The SMILES string of the molecule is Cc1cccc(CNC(=O)c2cccc(C(=O)Nc3c(F)cccc3F)n2)c1. The summed E-state index contributed by atoms with van der Waals surface area (Å²) in [5, 5.41) is 4.87. The van der Waals surface area contributed by atoms with E-state index in [0.717, 1.165) is 23.3 Å². The number of hydrogen-bond donors (Lipinski definition) is 2. The molecule has 3 aromatic rings. The number of rotatable bonds is 5. The van der Waals surface area contributed by atoms with Crippen LogP contribution in [0.4, 0.5) is 14.5 Å². The Morgan fingerprint density at radius 1 is 0.893 bits per heavy atom. The first-order valence-electron chi connectivity index (χ1n) is 8.50. The van der Waals surface area contributed by atoms with Gasteiger partial charge in [0.25, 0.3) is 11.8 Å². The van der Waals surface area contributed by atoms with Crippen LogP contribution in [0.1, 0.15) is 32.1 Å². The van der Waals surface area contributed by atoms with E-state index in [0.29, 0.717) is 6.54 Å². The Bertz CT molecular complexity index is 1020. The molecule has 0 saturated heterocycles. The van der Waals surface area contributed by atoms with E-state index >= 15 is 0 Å². The molecule has 2 aromatic carbocycles. The third kappa shape index (κ3) is 4.56. The normalized spacial score (nSPS) is 10.4. The smallest absolute Gasteiger partial charge is 0.274 e. The van der Waals surface area contributed by atoms with E-state index in [2.05, 4.69) is 15.6 Å². The molecule has 0 saturated carbocycles. The van der Waals surface area contributed by atoms with Gasteiger partial charge in [0, 0.05) is 6.54 Å². The number of carbonyl (C=O) groups excluding carboxylic acids is 2. The van der Waals surface area contributed by atoms with Crippen molar-refractivity contribution in [2.45, 2.75) is 13.5 Å². The standard InChI is InChI=1S/C21H17F2N3O2/c1-13-5-2-6-14(11-13)12-24-20(27)17-9-4-10-18(25-17)21(28)26-19-15(22)7-3-8-16(19)23/h2-11H,12H2,1H3,(H,24,27)(H,26,28). The van der Waals surface area contributed by atoms with E-state index < -0.39 is 29.1 Å². The minimum absolute atomic E-state index is 0.0225. The van der Waals surface area contributed by atoms with Crippen molar-refractivity contribution in [1.82, 2.24) is 10.3 Å². The molecule has 0 aliphatic carbocycles. The maximum atomic E-state index is 13.7. The molecule has 7 heteroatoms. The van der Waals surface area contributed by atoms with Gasteiger partial charge in [-0.25, -0.2) is 13.8 Å². The molecule has 0 aliphatic rings. The number of amides is 2. The maximum Gasteiger partial charge on any atom is 0.274 e. The van der Waals surface area contributed by atoms with Gasteiger partial charge in [0.2, 0.25) is 0 Å². The van der Waals surface area contributed by atoms with Gasteiger partial charge in [0.05, 0.1) is 0 Å². The van der Waals surface area contributed by atoms with E-state index in [9.17, 15) is 18.4 Å². The molecule has 0 spiro atoms. The zero-order valence-corrected chi connectivity index (χ0v) is 15.0. The number of para-hydroxylation sites is 1. The van der Waals surface area contributed by atoms with Crippen molar-refractivity contribution in [1.29, 1.82) is 0 Å². The second kappa shape index (κ2) is 8.39. The van der Waals surface area contributed by atoms with Gasteiger partial charge >= 0.3 is 0 Å². The van der Waals surface area contributed by atoms with Gasteiger partial charge in [-0.2, -0.15) is 0 Å². The number of aryl methyl sites for hydroxylation is 1. The van der Waals surface area contributed by atoms with E-state index in [-0.39, 0.29) is 11.4 Å². The molecule has 0 radical (unpaired) electrons. The average Bonchev–Trinajstić information content (AvgIpc) is 2.69. The fraction of sp³-hybridized carbons (Fsp3) is 0.0952. The Morgan fingerprint density at radius 2 is 1.50 bits per heavy atom.